The first-order valence-corrected chi connectivity index (χ1v) is 7.08. The zero-order valence-corrected chi connectivity index (χ0v) is 12.4. The van der Waals surface area contributed by atoms with Crippen molar-refractivity contribution in [1.82, 2.24) is 4.90 Å². The van der Waals surface area contributed by atoms with Crippen LogP contribution in [0.4, 0.5) is 8.78 Å². The molecule has 1 saturated carbocycles. The van der Waals surface area contributed by atoms with E-state index in [4.69, 9.17) is 5.11 Å². The molecule has 106 valence electrons. The normalized spacial score (nSPS) is 27.6. The summed E-state index contributed by atoms with van der Waals surface area (Å²) in [6, 6.07) is 2.89. The Balaban J connectivity index is 2.13. The number of rotatable bonds is 2. The third kappa shape index (κ3) is 1.82. The molecule has 1 heterocycles. The molecule has 0 radical (unpaired) electrons. The van der Waals surface area contributed by atoms with E-state index in [1.165, 1.54) is 12.1 Å². The fourth-order valence-corrected chi connectivity index (χ4v) is 3.30. The molecule has 2 atom stereocenters. The summed E-state index contributed by atoms with van der Waals surface area (Å²) in [5.74, 6) is -2.28. The summed E-state index contributed by atoms with van der Waals surface area (Å²) in [5, 5.41) is 8.82. The molecular weight excluding hydrogens is 383 g/mol. The molecule has 1 fully saturated rings. The summed E-state index contributed by atoms with van der Waals surface area (Å²) in [4.78, 5) is 24.1. The Labute approximate surface area is 126 Å². The third-order valence-corrected chi connectivity index (χ3v) is 4.73. The van der Waals surface area contributed by atoms with E-state index in [-0.39, 0.29) is 24.1 Å². The summed E-state index contributed by atoms with van der Waals surface area (Å²) < 4.78 is 28.5. The molecule has 3 rings (SSSR count). The first-order valence-electron chi connectivity index (χ1n) is 6.00. The van der Waals surface area contributed by atoms with Gasteiger partial charge in [0.05, 0.1) is 5.41 Å². The highest BCUT2D eigenvalue weighted by Gasteiger charge is 2.62. The van der Waals surface area contributed by atoms with Gasteiger partial charge in [-0.2, -0.15) is 0 Å². The average Bonchev–Trinajstić information content (AvgIpc) is 2.99. The maximum absolute atomic E-state index is 14.3. The first kappa shape index (κ1) is 13.7. The van der Waals surface area contributed by atoms with Crippen LogP contribution in [0.15, 0.2) is 12.1 Å². The summed E-state index contributed by atoms with van der Waals surface area (Å²) in [7, 11) is 0. The van der Waals surface area contributed by atoms with Crippen molar-refractivity contribution in [2.75, 3.05) is 13.1 Å². The number of carboxylic acid groups (broad SMARTS) is 1. The number of carbonyl (C=O) groups excluding carboxylic acids is 1. The molecule has 1 aromatic carbocycles. The van der Waals surface area contributed by atoms with Crippen LogP contribution in [0.3, 0.4) is 0 Å². The molecule has 0 bridgehead atoms. The average molecular weight is 393 g/mol. The molecule has 1 aromatic rings. The van der Waals surface area contributed by atoms with E-state index >= 15 is 0 Å². The molecule has 2 aliphatic rings. The second-order valence-corrected chi connectivity index (χ2v) is 6.33. The monoisotopic (exact) mass is 393 g/mol. The van der Waals surface area contributed by atoms with Gasteiger partial charge in [0.15, 0.2) is 0 Å². The molecular formula is C13H10F2INO3. The number of carboxylic acids is 1. The van der Waals surface area contributed by atoms with Crippen molar-refractivity contribution in [2.24, 2.45) is 0 Å². The van der Waals surface area contributed by atoms with Crippen LogP contribution < -0.4 is 0 Å². The molecule has 20 heavy (non-hydrogen) atoms. The van der Waals surface area contributed by atoms with Crippen molar-refractivity contribution in [1.29, 1.82) is 0 Å². The van der Waals surface area contributed by atoms with Gasteiger partial charge in [-0.1, -0.05) is 0 Å². The summed E-state index contributed by atoms with van der Waals surface area (Å²) in [6.07, 6.45) is -1.11. The van der Waals surface area contributed by atoms with Crippen LogP contribution in [-0.4, -0.2) is 41.1 Å². The van der Waals surface area contributed by atoms with Gasteiger partial charge in [-0.15, -0.1) is 0 Å². The molecule has 4 nitrogen and oxygen atoms in total. The van der Waals surface area contributed by atoms with Crippen LogP contribution in [0.2, 0.25) is 0 Å². The largest absolute Gasteiger partial charge is 0.480 e. The lowest BCUT2D eigenvalue weighted by molar-refractivity contribution is -0.137. The minimum absolute atomic E-state index is 0.0792. The first-order chi connectivity index (χ1) is 9.36. The number of carbonyl (C=O) groups is 2. The van der Waals surface area contributed by atoms with Crippen molar-refractivity contribution < 1.29 is 23.5 Å². The molecule has 1 aliphatic heterocycles. The standard InChI is InChI=1S/C13H10F2INO3/c14-8-3-13(8)5-17(4-9(18)19)12(20)6-1-2-7(16)11(15)10(6)13/h1-2,8H,3-5H2,(H,18,19)/t8-,13+/m1/s1. The van der Waals surface area contributed by atoms with Crippen LogP contribution in [0.5, 0.6) is 0 Å². The van der Waals surface area contributed by atoms with Gasteiger partial charge >= 0.3 is 5.97 Å². The Morgan fingerprint density at radius 2 is 2.20 bits per heavy atom. The number of alkyl halides is 1. The number of halogens is 3. The van der Waals surface area contributed by atoms with E-state index < -0.39 is 35.8 Å². The van der Waals surface area contributed by atoms with Crippen molar-refractivity contribution >= 4 is 34.5 Å². The van der Waals surface area contributed by atoms with E-state index in [0.29, 0.717) is 3.57 Å². The van der Waals surface area contributed by atoms with Gasteiger partial charge < -0.3 is 10.0 Å². The number of nitrogens with zero attached hydrogens (tertiary/aromatic N) is 1. The Kier molecular flexibility index (Phi) is 3.00. The van der Waals surface area contributed by atoms with E-state index in [0.717, 1.165) is 4.90 Å². The molecule has 0 unspecified atom stereocenters. The van der Waals surface area contributed by atoms with Crippen molar-refractivity contribution in [2.45, 2.75) is 18.0 Å². The molecule has 1 aliphatic carbocycles. The van der Waals surface area contributed by atoms with Crippen LogP contribution in [0.25, 0.3) is 0 Å². The molecule has 0 aromatic heterocycles. The number of hydrogen-bond donors (Lipinski definition) is 1. The molecule has 1 amide bonds. The van der Waals surface area contributed by atoms with Crippen molar-refractivity contribution in [3.8, 4) is 0 Å². The van der Waals surface area contributed by atoms with Crippen LogP contribution in [0.1, 0.15) is 22.3 Å². The lowest BCUT2D eigenvalue weighted by Crippen LogP contribution is -2.47. The van der Waals surface area contributed by atoms with Gasteiger partial charge in [-0.05, 0) is 41.1 Å². The zero-order chi connectivity index (χ0) is 14.7. The van der Waals surface area contributed by atoms with Gasteiger partial charge in [0.2, 0.25) is 0 Å². The van der Waals surface area contributed by atoms with Crippen molar-refractivity contribution in [3.05, 3.63) is 32.6 Å². The Bertz CT molecular complexity index is 636. The predicted molar refractivity (Wildman–Crippen MR) is 73.8 cm³/mol. The fourth-order valence-electron chi connectivity index (χ4n) is 2.85. The molecule has 1 N–H and O–H groups in total. The summed E-state index contributed by atoms with van der Waals surface area (Å²) in [5.41, 5.74) is -0.872. The van der Waals surface area contributed by atoms with E-state index in [1.807, 2.05) is 0 Å². The van der Waals surface area contributed by atoms with E-state index in [9.17, 15) is 18.4 Å². The molecule has 1 spiro atoms. The molecule has 0 saturated heterocycles. The van der Waals surface area contributed by atoms with Crippen LogP contribution >= 0.6 is 22.6 Å². The highest BCUT2D eigenvalue weighted by molar-refractivity contribution is 14.1. The lowest BCUT2D eigenvalue weighted by Gasteiger charge is -2.34. The van der Waals surface area contributed by atoms with Gasteiger partial charge in [0.1, 0.15) is 18.5 Å². The van der Waals surface area contributed by atoms with E-state index in [2.05, 4.69) is 0 Å². The number of amides is 1. The van der Waals surface area contributed by atoms with Crippen LogP contribution in [-0.2, 0) is 10.2 Å². The summed E-state index contributed by atoms with van der Waals surface area (Å²) >= 11 is 1.80. The maximum Gasteiger partial charge on any atom is 0.323 e. The van der Waals surface area contributed by atoms with E-state index in [1.54, 1.807) is 22.6 Å². The lowest BCUT2D eigenvalue weighted by atomic mass is 9.85. The number of benzene rings is 1. The third-order valence-electron chi connectivity index (χ3n) is 3.89. The quantitative estimate of drug-likeness (QED) is 0.782. The SMILES string of the molecule is O=C(O)CN1C[C@]2(C[C@H]2F)c2c(ccc(I)c2F)C1=O. The summed E-state index contributed by atoms with van der Waals surface area (Å²) in [6.45, 7) is -0.580. The minimum Gasteiger partial charge on any atom is -0.480 e. The van der Waals surface area contributed by atoms with Crippen molar-refractivity contribution in [3.63, 3.8) is 0 Å². The van der Waals surface area contributed by atoms with Gasteiger partial charge in [0, 0.05) is 21.2 Å². The highest BCUT2D eigenvalue weighted by Crippen LogP contribution is 2.55. The maximum atomic E-state index is 14.3. The predicted octanol–water partition coefficient (Wildman–Crippen LogP) is 1.95. The number of fused-ring (bicyclic) bond motifs is 2. The smallest absolute Gasteiger partial charge is 0.323 e. The Hall–Kier alpha value is -1.25. The number of aliphatic carboxylic acids is 1. The van der Waals surface area contributed by atoms with Gasteiger partial charge in [-0.25, -0.2) is 8.78 Å². The molecule has 7 heteroatoms. The second-order valence-electron chi connectivity index (χ2n) is 5.17. The topological polar surface area (TPSA) is 57.6 Å². The Morgan fingerprint density at radius 1 is 1.55 bits per heavy atom. The fraction of sp³-hybridized carbons (Fsp3) is 0.385. The minimum atomic E-state index is -1.24. The van der Waals surface area contributed by atoms with Gasteiger partial charge in [0.25, 0.3) is 5.91 Å². The zero-order valence-electron chi connectivity index (χ0n) is 10.2. The second kappa shape index (κ2) is 4.37. The van der Waals surface area contributed by atoms with Crippen LogP contribution in [0, 0.1) is 9.39 Å². The highest BCUT2D eigenvalue weighted by atomic mass is 127. The number of hydrogen-bond acceptors (Lipinski definition) is 2. The Morgan fingerprint density at radius 3 is 2.75 bits per heavy atom. The van der Waals surface area contributed by atoms with Gasteiger partial charge in [-0.3, -0.25) is 9.59 Å².